The maximum absolute atomic E-state index is 12.9. The van der Waals surface area contributed by atoms with Crippen LogP contribution in [0.2, 0.25) is 0 Å². The highest BCUT2D eigenvalue weighted by Gasteiger charge is 2.25. The number of aryl methyl sites for hydroxylation is 3. The first-order chi connectivity index (χ1) is 14.8. The standard InChI is InChI=1S/C25H28N2O2S2/c1-6-29-24(28)22-21(19-10-8-7-9-11-19)18(5)31-23(22)27-25(30)26-17(4)20-13-12-15(2)14-16(20)3/h7-14,17H,6H2,1-5H3,(H2,26,27,30). The molecule has 0 aliphatic carbocycles. The van der Waals surface area contributed by atoms with Gasteiger partial charge in [0.25, 0.3) is 0 Å². The van der Waals surface area contributed by atoms with Crippen molar-refractivity contribution in [2.45, 2.75) is 40.7 Å². The van der Waals surface area contributed by atoms with E-state index in [4.69, 9.17) is 17.0 Å². The fraction of sp³-hybridized carbons (Fsp3) is 0.280. The maximum Gasteiger partial charge on any atom is 0.341 e. The highest BCUT2D eigenvalue weighted by Crippen LogP contribution is 2.40. The molecule has 2 N–H and O–H groups in total. The van der Waals surface area contributed by atoms with E-state index in [0.29, 0.717) is 22.3 Å². The summed E-state index contributed by atoms with van der Waals surface area (Å²) in [6.45, 7) is 10.4. The van der Waals surface area contributed by atoms with Crippen molar-refractivity contribution in [3.8, 4) is 11.1 Å². The minimum Gasteiger partial charge on any atom is -0.462 e. The zero-order valence-electron chi connectivity index (χ0n) is 18.5. The average molecular weight is 453 g/mol. The van der Waals surface area contributed by atoms with Gasteiger partial charge in [-0.1, -0.05) is 54.1 Å². The quantitative estimate of drug-likeness (QED) is 0.327. The first-order valence-electron chi connectivity index (χ1n) is 10.3. The first kappa shape index (κ1) is 23.0. The van der Waals surface area contributed by atoms with Gasteiger partial charge in [0.1, 0.15) is 10.6 Å². The molecule has 3 rings (SSSR count). The lowest BCUT2D eigenvalue weighted by atomic mass is 10.0. The summed E-state index contributed by atoms with van der Waals surface area (Å²) >= 11 is 7.10. The molecule has 0 saturated heterocycles. The smallest absolute Gasteiger partial charge is 0.341 e. The van der Waals surface area contributed by atoms with Gasteiger partial charge in [-0.2, -0.15) is 0 Å². The van der Waals surface area contributed by atoms with Crippen molar-refractivity contribution in [3.63, 3.8) is 0 Å². The lowest BCUT2D eigenvalue weighted by molar-refractivity contribution is 0.0529. The summed E-state index contributed by atoms with van der Waals surface area (Å²) < 4.78 is 5.37. The Balaban J connectivity index is 1.88. The van der Waals surface area contributed by atoms with Crippen molar-refractivity contribution in [2.24, 2.45) is 0 Å². The molecule has 6 heteroatoms. The third kappa shape index (κ3) is 5.32. The van der Waals surface area contributed by atoms with Crippen LogP contribution < -0.4 is 10.6 Å². The van der Waals surface area contributed by atoms with E-state index < -0.39 is 0 Å². The van der Waals surface area contributed by atoms with Gasteiger partial charge in [-0.3, -0.25) is 0 Å². The van der Waals surface area contributed by atoms with Crippen LogP contribution in [-0.4, -0.2) is 17.7 Å². The van der Waals surface area contributed by atoms with Gasteiger partial charge in [-0.15, -0.1) is 11.3 Å². The second-order valence-corrected chi connectivity index (χ2v) is 9.14. The largest absolute Gasteiger partial charge is 0.462 e. The van der Waals surface area contributed by atoms with Crippen LogP contribution in [-0.2, 0) is 4.74 Å². The summed E-state index contributed by atoms with van der Waals surface area (Å²) in [5.41, 5.74) is 6.03. The Morgan fingerprint density at radius 3 is 2.48 bits per heavy atom. The van der Waals surface area contributed by atoms with Crippen LogP contribution >= 0.6 is 23.6 Å². The second kappa shape index (κ2) is 10.1. The zero-order valence-corrected chi connectivity index (χ0v) is 20.2. The fourth-order valence-corrected chi connectivity index (χ4v) is 5.12. The van der Waals surface area contributed by atoms with Gasteiger partial charge in [-0.25, -0.2) is 4.79 Å². The third-order valence-corrected chi connectivity index (χ3v) is 6.33. The second-order valence-electron chi connectivity index (χ2n) is 7.50. The summed E-state index contributed by atoms with van der Waals surface area (Å²) in [6, 6.07) is 16.3. The first-order valence-corrected chi connectivity index (χ1v) is 11.5. The van der Waals surface area contributed by atoms with Gasteiger partial charge >= 0.3 is 5.97 Å². The molecule has 0 spiro atoms. The Morgan fingerprint density at radius 2 is 1.84 bits per heavy atom. The van der Waals surface area contributed by atoms with Crippen LogP contribution in [0.25, 0.3) is 11.1 Å². The van der Waals surface area contributed by atoms with Crippen molar-refractivity contribution in [1.82, 2.24) is 5.32 Å². The number of nitrogens with one attached hydrogen (secondary N) is 2. The Labute approximate surface area is 193 Å². The van der Waals surface area contributed by atoms with E-state index in [1.54, 1.807) is 0 Å². The van der Waals surface area contributed by atoms with Crippen LogP contribution in [0.5, 0.6) is 0 Å². The normalized spacial score (nSPS) is 11.6. The molecule has 1 unspecified atom stereocenters. The van der Waals surface area contributed by atoms with Crippen molar-refractivity contribution < 1.29 is 9.53 Å². The van der Waals surface area contributed by atoms with Crippen molar-refractivity contribution in [1.29, 1.82) is 0 Å². The number of esters is 1. The lowest BCUT2D eigenvalue weighted by Gasteiger charge is -2.19. The van der Waals surface area contributed by atoms with Crippen LogP contribution in [0.3, 0.4) is 0 Å². The molecule has 3 aromatic rings. The summed E-state index contributed by atoms with van der Waals surface area (Å²) in [5, 5.41) is 7.76. The van der Waals surface area contributed by atoms with E-state index in [1.165, 1.54) is 28.0 Å². The number of hydrogen-bond donors (Lipinski definition) is 2. The molecule has 1 heterocycles. The molecule has 2 aromatic carbocycles. The summed E-state index contributed by atoms with van der Waals surface area (Å²) in [6.07, 6.45) is 0. The average Bonchev–Trinajstić information content (AvgIpc) is 3.04. The maximum atomic E-state index is 12.9. The number of benzene rings is 2. The van der Waals surface area contributed by atoms with E-state index >= 15 is 0 Å². The Kier molecular flexibility index (Phi) is 7.46. The fourth-order valence-electron chi connectivity index (χ4n) is 3.71. The molecule has 0 saturated carbocycles. The van der Waals surface area contributed by atoms with Crippen LogP contribution in [0.1, 0.15) is 51.8 Å². The highest BCUT2D eigenvalue weighted by molar-refractivity contribution is 7.80. The summed E-state index contributed by atoms with van der Waals surface area (Å²) in [7, 11) is 0. The number of thiophene rings is 1. The molecule has 0 bridgehead atoms. The van der Waals surface area contributed by atoms with Gasteiger partial charge in [0.05, 0.1) is 12.6 Å². The highest BCUT2D eigenvalue weighted by atomic mass is 32.1. The third-order valence-electron chi connectivity index (χ3n) is 5.09. The molecule has 31 heavy (non-hydrogen) atoms. The van der Waals surface area contributed by atoms with Crippen LogP contribution in [0, 0.1) is 20.8 Å². The van der Waals surface area contributed by atoms with E-state index in [2.05, 4.69) is 49.6 Å². The Hall–Kier alpha value is -2.70. The van der Waals surface area contributed by atoms with Crippen molar-refractivity contribution in [3.05, 3.63) is 75.7 Å². The van der Waals surface area contributed by atoms with E-state index in [0.717, 1.165) is 16.0 Å². The topological polar surface area (TPSA) is 50.4 Å². The van der Waals surface area contributed by atoms with Gasteiger partial charge in [-0.05, 0) is 63.5 Å². The number of rotatable bonds is 6. The van der Waals surface area contributed by atoms with E-state index in [1.807, 2.05) is 44.2 Å². The van der Waals surface area contributed by atoms with Gasteiger partial charge in [0.15, 0.2) is 5.11 Å². The van der Waals surface area contributed by atoms with Gasteiger partial charge in [0.2, 0.25) is 0 Å². The van der Waals surface area contributed by atoms with Crippen molar-refractivity contribution >= 4 is 39.6 Å². The van der Waals surface area contributed by atoms with Gasteiger partial charge in [0, 0.05) is 10.4 Å². The minimum atomic E-state index is -0.349. The van der Waals surface area contributed by atoms with Gasteiger partial charge < -0.3 is 15.4 Å². The van der Waals surface area contributed by atoms with Crippen LogP contribution in [0.15, 0.2) is 48.5 Å². The summed E-state index contributed by atoms with van der Waals surface area (Å²) in [5.74, 6) is -0.349. The molecular weight excluding hydrogens is 424 g/mol. The molecule has 0 aliphatic heterocycles. The Morgan fingerprint density at radius 1 is 1.13 bits per heavy atom. The monoisotopic (exact) mass is 452 g/mol. The molecule has 0 aliphatic rings. The van der Waals surface area contributed by atoms with E-state index in [9.17, 15) is 4.79 Å². The number of anilines is 1. The summed E-state index contributed by atoms with van der Waals surface area (Å²) in [4.78, 5) is 13.9. The lowest BCUT2D eigenvalue weighted by Crippen LogP contribution is -2.31. The number of carbonyl (C=O) groups is 1. The molecule has 162 valence electrons. The molecular formula is C25H28N2O2S2. The zero-order chi connectivity index (χ0) is 22.5. The number of hydrogen-bond acceptors (Lipinski definition) is 4. The van der Waals surface area contributed by atoms with E-state index in [-0.39, 0.29) is 12.0 Å². The molecule has 0 fully saturated rings. The SMILES string of the molecule is CCOC(=O)c1c(NC(=S)NC(C)c2ccc(C)cc2C)sc(C)c1-c1ccccc1. The molecule has 0 radical (unpaired) electrons. The minimum absolute atomic E-state index is 0.0290. The number of thiocarbonyl (C=S) groups is 1. The van der Waals surface area contributed by atoms with Crippen molar-refractivity contribution in [2.75, 3.05) is 11.9 Å². The number of ether oxygens (including phenoxy) is 1. The predicted molar refractivity (Wildman–Crippen MR) is 134 cm³/mol. The molecule has 0 amide bonds. The molecule has 4 nitrogen and oxygen atoms in total. The Bertz CT molecular complexity index is 1090. The number of carbonyl (C=O) groups excluding carboxylic acids is 1. The molecule has 1 aromatic heterocycles. The predicted octanol–water partition coefficient (Wildman–Crippen LogP) is 6.56. The van der Waals surface area contributed by atoms with Crippen LogP contribution in [0.4, 0.5) is 5.00 Å². The molecule has 1 atom stereocenters.